The second kappa shape index (κ2) is 6.49. The maximum absolute atomic E-state index is 13.6. The second-order valence-electron chi connectivity index (χ2n) is 5.53. The molecule has 2 atom stereocenters. The number of benzene rings is 1. The van der Waals surface area contributed by atoms with Crippen LogP contribution in [-0.4, -0.2) is 31.6 Å². The molecule has 0 bridgehead atoms. The number of aryl methyl sites for hydroxylation is 1. The van der Waals surface area contributed by atoms with Gasteiger partial charge in [-0.1, -0.05) is 13.0 Å². The Hall–Kier alpha value is -0.930. The highest BCUT2D eigenvalue weighted by molar-refractivity contribution is 5.30. The summed E-state index contributed by atoms with van der Waals surface area (Å²) in [7, 11) is 2.00. The first-order valence-corrected chi connectivity index (χ1v) is 7.32. The van der Waals surface area contributed by atoms with E-state index >= 15 is 0 Å². The highest BCUT2D eigenvalue weighted by Gasteiger charge is 2.32. The number of hydrogen-bond donors (Lipinski definition) is 1. The molecular formula is C16H25FN2. The third-order valence-electron chi connectivity index (χ3n) is 4.29. The van der Waals surface area contributed by atoms with E-state index in [1.165, 1.54) is 24.0 Å². The summed E-state index contributed by atoms with van der Waals surface area (Å²) in [6.45, 7) is 7.44. The highest BCUT2D eigenvalue weighted by atomic mass is 19.1. The molecule has 0 radical (unpaired) electrons. The Kier molecular flexibility index (Phi) is 4.94. The van der Waals surface area contributed by atoms with Gasteiger partial charge in [0.15, 0.2) is 0 Å². The van der Waals surface area contributed by atoms with Crippen LogP contribution in [0.2, 0.25) is 0 Å². The molecule has 2 rings (SSSR count). The van der Waals surface area contributed by atoms with Crippen LogP contribution in [-0.2, 0) is 0 Å². The molecule has 0 saturated carbocycles. The molecule has 1 heterocycles. The molecule has 106 valence electrons. The van der Waals surface area contributed by atoms with Gasteiger partial charge >= 0.3 is 0 Å². The van der Waals surface area contributed by atoms with E-state index in [1.807, 2.05) is 13.1 Å². The summed E-state index contributed by atoms with van der Waals surface area (Å²) in [6.07, 6.45) is 2.46. The Morgan fingerprint density at radius 2 is 2.21 bits per heavy atom. The number of likely N-dealkylation sites (tertiary alicyclic amines) is 1. The van der Waals surface area contributed by atoms with Crippen LogP contribution in [0.5, 0.6) is 0 Å². The Labute approximate surface area is 116 Å². The van der Waals surface area contributed by atoms with Gasteiger partial charge < -0.3 is 5.32 Å². The van der Waals surface area contributed by atoms with Crippen LogP contribution in [0.15, 0.2) is 18.2 Å². The monoisotopic (exact) mass is 264 g/mol. The Bertz CT molecular complexity index is 417. The first-order chi connectivity index (χ1) is 9.17. The van der Waals surface area contributed by atoms with Gasteiger partial charge in [-0.2, -0.15) is 0 Å². The SMILES string of the molecule is CCN1CCCC(CNC)C1c1cc(F)ccc1C. The molecule has 1 aliphatic heterocycles. The lowest BCUT2D eigenvalue weighted by molar-refractivity contribution is 0.0975. The summed E-state index contributed by atoms with van der Waals surface area (Å²) in [4.78, 5) is 2.49. The van der Waals surface area contributed by atoms with Crippen molar-refractivity contribution in [1.29, 1.82) is 0 Å². The predicted octanol–water partition coefficient (Wildman–Crippen LogP) is 3.13. The Morgan fingerprint density at radius 1 is 1.42 bits per heavy atom. The molecule has 1 aliphatic rings. The fourth-order valence-electron chi connectivity index (χ4n) is 3.36. The fraction of sp³-hybridized carbons (Fsp3) is 0.625. The second-order valence-corrected chi connectivity index (χ2v) is 5.53. The van der Waals surface area contributed by atoms with Crippen LogP contribution in [0, 0.1) is 18.7 Å². The maximum Gasteiger partial charge on any atom is 0.123 e. The van der Waals surface area contributed by atoms with Crippen molar-refractivity contribution in [2.24, 2.45) is 5.92 Å². The molecule has 19 heavy (non-hydrogen) atoms. The average Bonchev–Trinajstić information content (AvgIpc) is 2.42. The third-order valence-corrected chi connectivity index (χ3v) is 4.29. The van der Waals surface area contributed by atoms with Crippen LogP contribution >= 0.6 is 0 Å². The number of nitrogens with one attached hydrogen (secondary N) is 1. The molecule has 1 fully saturated rings. The smallest absolute Gasteiger partial charge is 0.123 e. The number of hydrogen-bond acceptors (Lipinski definition) is 2. The molecule has 0 aliphatic carbocycles. The summed E-state index contributed by atoms with van der Waals surface area (Å²) in [5.74, 6) is 0.449. The summed E-state index contributed by atoms with van der Waals surface area (Å²) in [5.41, 5.74) is 2.37. The summed E-state index contributed by atoms with van der Waals surface area (Å²) >= 11 is 0. The summed E-state index contributed by atoms with van der Waals surface area (Å²) in [6, 6.07) is 5.55. The van der Waals surface area contributed by atoms with E-state index in [1.54, 1.807) is 12.1 Å². The minimum Gasteiger partial charge on any atom is -0.319 e. The largest absolute Gasteiger partial charge is 0.319 e. The van der Waals surface area contributed by atoms with Crippen molar-refractivity contribution in [1.82, 2.24) is 10.2 Å². The van der Waals surface area contributed by atoms with Gasteiger partial charge in [0.1, 0.15) is 5.82 Å². The maximum atomic E-state index is 13.6. The van der Waals surface area contributed by atoms with Crippen LogP contribution in [0.1, 0.15) is 36.9 Å². The molecule has 1 aromatic rings. The topological polar surface area (TPSA) is 15.3 Å². The van der Waals surface area contributed by atoms with Gasteiger partial charge in [0.25, 0.3) is 0 Å². The highest BCUT2D eigenvalue weighted by Crippen LogP contribution is 2.37. The van der Waals surface area contributed by atoms with Crippen molar-refractivity contribution in [3.63, 3.8) is 0 Å². The quantitative estimate of drug-likeness (QED) is 0.899. The number of nitrogens with zero attached hydrogens (tertiary/aromatic N) is 1. The van der Waals surface area contributed by atoms with Gasteiger partial charge in [-0.25, -0.2) is 4.39 Å². The van der Waals surface area contributed by atoms with Crippen LogP contribution < -0.4 is 5.32 Å². The van der Waals surface area contributed by atoms with E-state index in [0.717, 1.165) is 19.6 Å². The minimum absolute atomic E-state index is 0.120. The minimum atomic E-state index is -0.120. The standard InChI is InChI=1S/C16H25FN2/c1-4-19-9-5-6-13(11-18-3)16(19)15-10-14(17)8-7-12(15)2/h7-8,10,13,16,18H,4-6,9,11H2,1-3H3. The normalized spacial score (nSPS) is 24.6. The van der Waals surface area contributed by atoms with Crippen molar-refractivity contribution < 1.29 is 4.39 Å². The van der Waals surface area contributed by atoms with E-state index in [9.17, 15) is 4.39 Å². The van der Waals surface area contributed by atoms with E-state index < -0.39 is 0 Å². The molecule has 2 unspecified atom stereocenters. The lowest BCUT2D eigenvalue weighted by Gasteiger charge is -2.42. The number of halogens is 1. The molecule has 0 spiro atoms. The van der Waals surface area contributed by atoms with Gasteiger partial charge in [0.2, 0.25) is 0 Å². The van der Waals surface area contributed by atoms with E-state index in [-0.39, 0.29) is 5.82 Å². The molecule has 0 amide bonds. The fourth-order valence-corrected chi connectivity index (χ4v) is 3.36. The van der Waals surface area contributed by atoms with Crippen LogP contribution in [0.4, 0.5) is 4.39 Å². The molecule has 2 nitrogen and oxygen atoms in total. The van der Waals surface area contributed by atoms with Crippen LogP contribution in [0.3, 0.4) is 0 Å². The van der Waals surface area contributed by atoms with Crippen LogP contribution in [0.25, 0.3) is 0 Å². The van der Waals surface area contributed by atoms with Crippen molar-refractivity contribution in [2.75, 3.05) is 26.7 Å². The van der Waals surface area contributed by atoms with Crippen molar-refractivity contribution >= 4 is 0 Å². The van der Waals surface area contributed by atoms with Gasteiger partial charge in [-0.15, -0.1) is 0 Å². The molecule has 1 aromatic carbocycles. The van der Waals surface area contributed by atoms with E-state index in [0.29, 0.717) is 12.0 Å². The van der Waals surface area contributed by atoms with E-state index in [4.69, 9.17) is 0 Å². The first kappa shape index (κ1) is 14.5. The molecule has 3 heteroatoms. The molecule has 0 aromatic heterocycles. The van der Waals surface area contributed by atoms with E-state index in [2.05, 4.69) is 24.1 Å². The summed E-state index contributed by atoms with van der Waals surface area (Å²) < 4.78 is 13.6. The first-order valence-electron chi connectivity index (χ1n) is 7.32. The Balaban J connectivity index is 2.36. The summed E-state index contributed by atoms with van der Waals surface area (Å²) in [5, 5.41) is 3.30. The lowest BCUT2D eigenvalue weighted by Crippen LogP contribution is -2.42. The predicted molar refractivity (Wildman–Crippen MR) is 77.8 cm³/mol. The zero-order valence-corrected chi connectivity index (χ0v) is 12.2. The zero-order valence-electron chi connectivity index (χ0n) is 12.2. The number of piperidine rings is 1. The average molecular weight is 264 g/mol. The van der Waals surface area contributed by atoms with Gasteiger partial charge in [-0.3, -0.25) is 4.90 Å². The van der Waals surface area contributed by atoms with Crippen molar-refractivity contribution in [3.05, 3.63) is 35.1 Å². The van der Waals surface area contributed by atoms with Gasteiger partial charge in [-0.05, 0) is 75.6 Å². The van der Waals surface area contributed by atoms with Crippen molar-refractivity contribution in [2.45, 2.75) is 32.7 Å². The van der Waals surface area contributed by atoms with Crippen molar-refractivity contribution in [3.8, 4) is 0 Å². The zero-order chi connectivity index (χ0) is 13.8. The third kappa shape index (κ3) is 3.15. The molecule has 1 N–H and O–H groups in total. The lowest BCUT2D eigenvalue weighted by atomic mass is 9.83. The van der Waals surface area contributed by atoms with Gasteiger partial charge in [0, 0.05) is 6.04 Å². The molecular weight excluding hydrogens is 239 g/mol. The Morgan fingerprint density at radius 3 is 2.89 bits per heavy atom. The van der Waals surface area contributed by atoms with Gasteiger partial charge in [0.05, 0.1) is 0 Å². The number of rotatable bonds is 4. The molecule has 1 saturated heterocycles.